The molecule has 0 saturated heterocycles. The molecule has 1 nitrogen and oxygen atoms in total. The van der Waals surface area contributed by atoms with E-state index in [1.165, 1.54) is 41.3 Å². The third-order valence-electron chi connectivity index (χ3n) is 5.31. The molecule has 1 heterocycles. The summed E-state index contributed by atoms with van der Waals surface area (Å²) in [6.07, 6.45) is 5.93. The SMILES string of the molecule is CC(C)(C)C1CCC(N)(Cc2csc3ccccc23)CC1. The largest absolute Gasteiger partial charge is 0.325 e. The van der Waals surface area contributed by atoms with Crippen LogP contribution in [0.1, 0.15) is 52.0 Å². The van der Waals surface area contributed by atoms with Gasteiger partial charge in [0.25, 0.3) is 0 Å². The lowest BCUT2D eigenvalue weighted by atomic mass is 9.66. The van der Waals surface area contributed by atoms with Crippen molar-refractivity contribution in [3.63, 3.8) is 0 Å². The Morgan fingerprint density at radius 2 is 1.86 bits per heavy atom. The number of nitrogens with two attached hydrogens (primary N) is 1. The molecule has 3 rings (SSSR count). The molecule has 0 spiro atoms. The van der Waals surface area contributed by atoms with Gasteiger partial charge in [-0.1, -0.05) is 39.0 Å². The van der Waals surface area contributed by atoms with E-state index in [0.29, 0.717) is 5.41 Å². The average molecular weight is 301 g/mol. The van der Waals surface area contributed by atoms with Crippen LogP contribution in [0.2, 0.25) is 0 Å². The highest BCUT2D eigenvalue weighted by Gasteiger charge is 2.36. The zero-order valence-corrected chi connectivity index (χ0v) is 14.3. The first kappa shape index (κ1) is 15.1. The number of fused-ring (bicyclic) bond motifs is 1. The first-order valence-electron chi connectivity index (χ1n) is 8.11. The summed E-state index contributed by atoms with van der Waals surface area (Å²) in [6.45, 7) is 7.11. The quantitative estimate of drug-likeness (QED) is 0.792. The van der Waals surface area contributed by atoms with E-state index in [0.717, 1.165) is 12.3 Å². The number of hydrogen-bond donors (Lipinski definition) is 1. The normalized spacial score (nSPS) is 27.1. The summed E-state index contributed by atoms with van der Waals surface area (Å²) < 4.78 is 1.39. The average Bonchev–Trinajstić information content (AvgIpc) is 2.81. The minimum Gasteiger partial charge on any atom is -0.325 e. The summed E-state index contributed by atoms with van der Waals surface area (Å²) in [5, 5.41) is 3.72. The van der Waals surface area contributed by atoms with Crippen molar-refractivity contribution in [2.45, 2.75) is 58.4 Å². The van der Waals surface area contributed by atoms with E-state index < -0.39 is 0 Å². The summed E-state index contributed by atoms with van der Waals surface area (Å²) in [4.78, 5) is 0. The summed E-state index contributed by atoms with van der Waals surface area (Å²) in [5.74, 6) is 0.827. The van der Waals surface area contributed by atoms with E-state index in [1.54, 1.807) is 0 Å². The van der Waals surface area contributed by atoms with Crippen molar-refractivity contribution in [3.05, 3.63) is 35.2 Å². The van der Waals surface area contributed by atoms with E-state index >= 15 is 0 Å². The van der Waals surface area contributed by atoms with E-state index in [9.17, 15) is 0 Å². The lowest BCUT2D eigenvalue weighted by molar-refractivity contribution is 0.134. The molecule has 1 aliphatic rings. The molecule has 114 valence electrons. The van der Waals surface area contributed by atoms with Gasteiger partial charge in [-0.2, -0.15) is 0 Å². The van der Waals surface area contributed by atoms with Crippen molar-refractivity contribution in [2.75, 3.05) is 0 Å². The molecule has 21 heavy (non-hydrogen) atoms. The molecule has 0 radical (unpaired) electrons. The number of thiophene rings is 1. The van der Waals surface area contributed by atoms with Crippen LogP contribution in [0.15, 0.2) is 29.6 Å². The van der Waals surface area contributed by atoms with Gasteiger partial charge < -0.3 is 5.73 Å². The van der Waals surface area contributed by atoms with Gasteiger partial charge in [-0.25, -0.2) is 0 Å². The van der Waals surface area contributed by atoms with Gasteiger partial charge in [0.1, 0.15) is 0 Å². The maximum atomic E-state index is 6.75. The zero-order valence-electron chi connectivity index (χ0n) is 13.5. The fourth-order valence-corrected chi connectivity index (χ4v) is 4.75. The van der Waals surface area contributed by atoms with Gasteiger partial charge in [-0.05, 0) is 65.8 Å². The number of benzene rings is 1. The molecule has 2 heteroatoms. The van der Waals surface area contributed by atoms with E-state index in [-0.39, 0.29) is 5.54 Å². The molecular formula is C19H27NS. The lowest BCUT2D eigenvalue weighted by Crippen LogP contribution is -2.46. The lowest BCUT2D eigenvalue weighted by Gasteiger charge is -2.42. The molecule has 0 atom stereocenters. The molecule has 1 aromatic heterocycles. The van der Waals surface area contributed by atoms with Crippen LogP contribution in [-0.2, 0) is 6.42 Å². The molecule has 2 aromatic rings. The van der Waals surface area contributed by atoms with E-state index in [1.807, 2.05) is 11.3 Å². The van der Waals surface area contributed by atoms with Gasteiger partial charge >= 0.3 is 0 Å². The summed E-state index contributed by atoms with van der Waals surface area (Å²) in [5.41, 5.74) is 8.64. The topological polar surface area (TPSA) is 26.0 Å². The maximum Gasteiger partial charge on any atom is 0.0345 e. The molecule has 0 unspecified atom stereocenters. The summed E-state index contributed by atoms with van der Waals surface area (Å²) in [6, 6.07) is 8.71. The van der Waals surface area contributed by atoms with Gasteiger partial charge in [-0.15, -0.1) is 11.3 Å². The smallest absolute Gasteiger partial charge is 0.0345 e. The van der Waals surface area contributed by atoms with Crippen LogP contribution in [0.5, 0.6) is 0 Å². The van der Waals surface area contributed by atoms with Crippen LogP contribution < -0.4 is 5.73 Å². The highest BCUT2D eigenvalue weighted by Crippen LogP contribution is 2.42. The van der Waals surface area contributed by atoms with Crippen molar-refractivity contribution in [3.8, 4) is 0 Å². The van der Waals surface area contributed by atoms with Crippen LogP contribution in [0, 0.1) is 11.3 Å². The highest BCUT2D eigenvalue weighted by molar-refractivity contribution is 7.17. The molecule has 1 aliphatic carbocycles. The highest BCUT2D eigenvalue weighted by atomic mass is 32.1. The second kappa shape index (κ2) is 5.40. The second-order valence-corrected chi connectivity index (χ2v) is 8.85. The van der Waals surface area contributed by atoms with Crippen molar-refractivity contribution < 1.29 is 0 Å². The van der Waals surface area contributed by atoms with Gasteiger partial charge in [0.15, 0.2) is 0 Å². The molecule has 1 saturated carbocycles. The van der Waals surface area contributed by atoms with Crippen molar-refractivity contribution in [2.24, 2.45) is 17.1 Å². The van der Waals surface area contributed by atoms with Crippen molar-refractivity contribution >= 4 is 21.4 Å². The first-order valence-corrected chi connectivity index (χ1v) is 8.99. The van der Waals surface area contributed by atoms with E-state index in [2.05, 4.69) is 50.4 Å². The monoisotopic (exact) mass is 301 g/mol. The predicted molar refractivity (Wildman–Crippen MR) is 93.9 cm³/mol. The Morgan fingerprint density at radius 1 is 1.19 bits per heavy atom. The fraction of sp³-hybridized carbons (Fsp3) is 0.579. The fourth-order valence-electron chi connectivity index (χ4n) is 3.78. The van der Waals surface area contributed by atoms with Crippen LogP contribution in [0.25, 0.3) is 10.1 Å². The van der Waals surface area contributed by atoms with Gasteiger partial charge in [-0.3, -0.25) is 0 Å². The number of rotatable bonds is 2. The minimum absolute atomic E-state index is 0.00555. The summed E-state index contributed by atoms with van der Waals surface area (Å²) in [7, 11) is 0. The van der Waals surface area contributed by atoms with Crippen LogP contribution >= 0.6 is 11.3 Å². The Kier molecular flexibility index (Phi) is 3.87. The van der Waals surface area contributed by atoms with Crippen LogP contribution in [0.4, 0.5) is 0 Å². The predicted octanol–water partition coefficient (Wildman–Crippen LogP) is 5.38. The summed E-state index contributed by atoms with van der Waals surface area (Å²) >= 11 is 1.85. The van der Waals surface area contributed by atoms with Crippen LogP contribution in [0.3, 0.4) is 0 Å². The molecule has 0 bridgehead atoms. The van der Waals surface area contributed by atoms with Crippen molar-refractivity contribution in [1.82, 2.24) is 0 Å². The first-order chi connectivity index (χ1) is 9.87. The molecule has 0 aliphatic heterocycles. The van der Waals surface area contributed by atoms with Gasteiger partial charge in [0, 0.05) is 10.2 Å². The molecule has 0 amide bonds. The Balaban J connectivity index is 1.73. The minimum atomic E-state index is 0.00555. The molecule has 1 fully saturated rings. The molecule has 2 N–H and O–H groups in total. The third-order valence-corrected chi connectivity index (χ3v) is 6.32. The Bertz CT molecular complexity index is 612. The molecular weight excluding hydrogens is 274 g/mol. The van der Waals surface area contributed by atoms with E-state index in [4.69, 9.17) is 5.73 Å². The maximum absolute atomic E-state index is 6.75. The van der Waals surface area contributed by atoms with Crippen LogP contribution in [-0.4, -0.2) is 5.54 Å². The van der Waals surface area contributed by atoms with Crippen molar-refractivity contribution in [1.29, 1.82) is 0 Å². The Morgan fingerprint density at radius 3 is 2.52 bits per heavy atom. The molecule has 1 aromatic carbocycles. The Labute approximate surface area is 132 Å². The Hall–Kier alpha value is -0.860. The second-order valence-electron chi connectivity index (χ2n) is 7.94. The van der Waals surface area contributed by atoms with Gasteiger partial charge in [0.2, 0.25) is 0 Å². The number of hydrogen-bond acceptors (Lipinski definition) is 2. The standard InChI is InChI=1S/C19H27NS/c1-18(2,3)15-8-10-19(20,11-9-15)12-14-13-21-17-7-5-4-6-16(14)17/h4-7,13,15H,8-12,20H2,1-3H3. The van der Waals surface area contributed by atoms with Gasteiger partial charge in [0.05, 0.1) is 0 Å². The zero-order chi connectivity index (χ0) is 15.1. The third kappa shape index (κ3) is 3.17.